The number of carbonyl (C=O) groups is 1. The molecule has 1 amide bonds. The molecule has 1 atom stereocenters. The number of carbonyl (C=O) groups excluding carboxylic acids is 1. The minimum atomic E-state index is -0.00919. The van der Waals surface area contributed by atoms with Gasteiger partial charge >= 0.3 is 0 Å². The number of benzene rings is 2. The Morgan fingerprint density at radius 2 is 1.91 bits per heavy atom. The van der Waals surface area contributed by atoms with Crippen LogP contribution in [0.1, 0.15) is 23.2 Å². The summed E-state index contributed by atoms with van der Waals surface area (Å²) >= 11 is 0. The quantitative estimate of drug-likeness (QED) is 0.461. The molecule has 9 heteroatoms. The van der Waals surface area contributed by atoms with Crippen LogP contribution in [-0.4, -0.2) is 65.4 Å². The van der Waals surface area contributed by atoms with Crippen LogP contribution in [0.5, 0.6) is 17.2 Å². The lowest BCUT2D eigenvalue weighted by Gasteiger charge is -2.20. The fraction of sp³-hybridized carbons (Fsp3) is 0.308. The number of aromatic nitrogens is 3. The predicted octanol–water partition coefficient (Wildman–Crippen LogP) is 3.92. The fourth-order valence-electron chi connectivity index (χ4n) is 4.38. The highest BCUT2D eigenvalue weighted by atomic mass is 16.5. The number of hydrogen-bond donors (Lipinski definition) is 0. The van der Waals surface area contributed by atoms with Crippen molar-refractivity contribution >= 4 is 17.8 Å². The molecule has 2 aliphatic rings. The van der Waals surface area contributed by atoms with E-state index in [1.807, 2.05) is 53.7 Å². The normalized spacial score (nSPS) is 16.8. The lowest BCUT2D eigenvalue weighted by atomic mass is 10.1. The molecule has 0 bridgehead atoms. The second kappa shape index (κ2) is 10.0. The zero-order valence-corrected chi connectivity index (χ0v) is 19.8. The van der Waals surface area contributed by atoms with Crippen LogP contribution in [0.4, 0.5) is 5.69 Å². The summed E-state index contributed by atoms with van der Waals surface area (Å²) in [4.78, 5) is 19.4. The Balaban J connectivity index is 1.23. The molecule has 180 valence electrons. The molecular weight excluding hydrogens is 446 g/mol. The van der Waals surface area contributed by atoms with Gasteiger partial charge in [-0.1, -0.05) is 23.4 Å². The number of para-hydroxylation sites is 1. The first-order chi connectivity index (χ1) is 17.2. The van der Waals surface area contributed by atoms with Crippen molar-refractivity contribution in [2.75, 3.05) is 27.4 Å². The molecule has 3 heterocycles. The number of nitrogens with zero attached hydrogens (tertiary/aromatic N) is 5. The SMILES string of the molecule is COc1cc2c(cc1OC/C=C\Cn1cc(-c3ccccc3OC)nn1)N=C[C@@H]1CCCN1C2=O. The van der Waals surface area contributed by atoms with E-state index >= 15 is 0 Å². The number of allylic oxidation sites excluding steroid dienone is 1. The first-order valence-corrected chi connectivity index (χ1v) is 11.6. The van der Waals surface area contributed by atoms with Gasteiger partial charge in [-0.25, -0.2) is 4.68 Å². The molecular formula is C26H27N5O4. The van der Waals surface area contributed by atoms with Crippen molar-refractivity contribution in [3.05, 3.63) is 60.3 Å². The van der Waals surface area contributed by atoms with Crippen LogP contribution in [0.15, 0.2) is 59.7 Å². The standard InChI is InChI=1S/C26H27N5O4/c1-33-23-10-4-3-9-19(23)22-17-30(29-28-22)11-5-6-13-35-25-15-21-20(14-24(25)34-2)26(32)31-12-7-8-18(31)16-27-21/h3-6,9-10,14-18H,7-8,11-13H2,1-2H3/b6-5-/t18-/m0/s1. The summed E-state index contributed by atoms with van der Waals surface area (Å²) in [5, 5.41) is 8.43. The Labute approximate surface area is 203 Å². The van der Waals surface area contributed by atoms with Gasteiger partial charge in [-0.05, 0) is 37.1 Å². The third-order valence-electron chi connectivity index (χ3n) is 6.17. The van der Waals surface area contributed by atoms with E-state index in [0.717, 1.165) is 36.4 Å². The topological polar surface area (TPSA) is 91.1 Å². The summed E-state index contributed by atoms with van der Waals surface area (Å²) in [6, 6.07) is 11.3. The average Bonchev–Trinajstić information content (AvgIpc) is 3.54. The highest BCUT2D eigenvalue weighted by molar-refractivity contribution is 6.03. The molecule has 0 N–H and O–H groups in total. The summed E-state index contributed by atoms with van der Waals surface area (Å²) in [6.07, 6.45) is 9.54. The van der Waals surface area contributed by atoms with Gasteiger partial charge < -0.3 is 19.1 Å². The van der Waals surface area contributed by atoms with E-state index in [4.69, 9.17) is 14.2 Å². The van der Waals surface area contributed by atoms with E-state index in [-0.39, 0.29) is 11.9 Å². The van der Waals surface area contributed by atoms with Gasteiger partial charge in [0.15, 0.2) is 11.5 Å². The summed E-state index contributed by atoms with van der Waals surface area (Å²) in [5.41, 5.74) is 2.79. The van der Waals surface area contributed by atoms with Crippen molar-refractivity contribution in [1.82, 2.24) is 19.9 Å². The Hall–Kier alpha value is -4.14. The number of hydrogen-bond acceptors (Lipinski definition) is 7. The van der Waals surface area contributed by atoms with Gasteiger partial charge in [-0.3, -0.25) is 9.79 Å². The van der Waals surface area contributed by atoms with Crippen LogP contribution in [0.3, 0.4) is 0 Å². The van der Waals surface area contributed by atoms with Crippen LogP contribution in [0.2, 0.25) is 0 Å². The van der Waals surface area contributed by atoms with E-state index in [9.17, 15) is 4.79 Å². The van der Waals surface area contributed by atoms with Crippen molar-refractivity contribution in [1.29, 1.82) is 0 Å². The number of ether oxygens (including phenoxy) is 3. The van der Waals surface area contributed by atoms with Gasteiger partial charge in [0.2, 0.25) is 0 Å². The van der Waals surface area contributed by atoms with Gasteiger partial charge in [0.05, 0.1) is 44.3 Å². The molecule has 0 radical (unpaired) electrons. The molecule has 35 heavy (non-hydrogen) atoms. The number of aliphatic imine (C=N–C) groups is 1. The van der Waals surface area contributed by atoms with Crippen LogP contribution < -0.4 is 14.2 Å². The van der Waals surface area contributed by atoms with E-state index in [0.29, 0.717) is 35.9 Å². The molecule has 2 aromatic carbocycles. The van der Waals surface area contributed by atoms with Crippen LogP contribution >= 0.6 is 0 Å². The predicted molar refractivity (Wildman–Crippen MR) is 132 cm³/mol. The third-order valence-corrected chi connectivity index (χ3v) is 6.17. The van der Waals surface area contributed by atoms with E-state index in [1.165, 1.54) is 0 Å². The molecule has 5 rings (SSSR count). The smallest absolute Gasteiger partial charge is 0.256 e. The average molecular weight is 474 g/mol. The zero-order chi connectivity index (χ0) is 24.2. The largest absolute Gasteiger partial charge is 0.496 e. The number of amides is 1. The summed E-state index contributed by atoms with van der Waals surface area (Å²) in [7, 11) is 3.20. The summed E-state index contributed by atoms with van der Waals surface area (Å²) in [6.45, 7) is 1.63. The molecule has 0 saturated carbocycles. The lowest BCUT2D eigenvalue weighted by molar-refractivity contribution is 0.0774. The maximum absolute atomic E-state index is 13.0. The first-order valence-electron chi connectivity index (χ1n) is 11.6. The van der Waals surface area contributed by atoms with Gasteiger partial charge in [-0.2, -0.15) is 0 Å². The molecule has 9 nitrogen and oxygen atoms in total. The van der Waals surface area contributed by atoms with Crippen LogP contribution in [0, 0.1) is 0 Å². The second-order valence-corrected chi connectivity index (χ2v) is 8.32. The molecule has 0 spiro atoms. The summed E-state index contributed by atoms with van der Waals surface area (Å²) in [5.74, 6) is 1.80. The van der Waals surface area contributed by atoms with Crippen molar-refractivity contribution in [3.63, 3.8) is 0 Å². The molecule has 1 aromatic heterocycles. The Kier molecular flexibility index (Phi) is 6.47. The summed E-state index contributed by atoms with van der Waals surface area (Å²) < 4.78 is 18.6. The van der Waals surface area contributed by atoms with E-state index < -0.39 is 0 Å². The first kappa shape index (κ1) is 22.6. The van der Waals surface area contributed by atoms with Gasteiger partial charge in [0.1, 0.15) is 18.1 Å². The molecule has 2 aliphatic heterocycles. The molecule has 1 saturated heterocycles. The van der Waals surface area contributed by atoms with Gasteiger partial charge in [-0.15, -0.1) is 5.10 Å². The monoisotopic (exact) mass is 473 g/mol. The third kappa shape index (κ3) is 4.62. The number of rotatable bonds is 8. The highest BCUT2D eigenvalue weighted by Gasteiger charge is 2.32. The molecule has 3 aromatic rings. The Bertz CT molecular complexity index is 1280. The minimum absolute atomic E-state index is 0.00919. The lowest BCUT2D eigenvalue weighted by Crippen LogP contribution is -2.35. The van der Waals surface area contributed by atoms with Crippen molar-refractivity contribution in [2.45, 2.75) is 25.4 Å². The zero-order valence-electron chi connectivity index (χ0n) is 19.8. The van der Waals surface area contributed by atoms with Crippen molar-refractivity contribution in [2.24, 2.45) is 4.99 Å². The second-order valence-electron chi connectivity index (χ2n) is 8.32. The maximum atomic E-state index is 13.0. The fourth-order valence-corrected chi connectivity index (χ4v) is 4.38. The van der Waals surface area contributed by atoms with Crippen LogP contribution in [-0.2, 0) is 6.54 Å². The molecule has 1 fully saturated rings. The van der Waals surface area contributed by atoms with E-state index in [2.05, 4.69) is 15.3 Å². The number of methoxy groups -OCH3 is 2. The molecule has 0 aliphatic carbocycles. The Morgan fingerprint density at radius 1 is 1.06 bits per heavy atom. The highest BCUT2D eigenvalue weighted by Crippen LogP contribution is 2.38. The van der Waals surface area contributed by atoms with E-state index in [1.54, 1.807) is 31.0 Å². The van der Waals surface area contributed by atoms with Crippen molar-refractivity contribution in [3.8, 4) is 28.5 Å². The maximum Gasteiger partial charge on any atom is 0.256 e. The van der Waals surface area contributed by atoms with Crippen molar-refractivity contribution < 1.29 is 19.0 Å². The van der Waals surface area contributed by atoms with Gasteiger partial charge in [0.25, 0.3) is 5.91 Å². The van der Waals surface area contributed by atoms with Gasteiger partial charge in [0, 0.05) is 24.4 Å². The minimum Gasteiger partial charge on any atom is -0.496 e. The number of fused-ring (bicyclic) bond motifs is 2. The van der Waals surface area contributed by atoms with Crippen LogP contribution in [0.25, 0.3) is 11.3 Å². The molecule has 0 unspecified atom stereocenters. The Morgan fingerprint density at radius 3 is 2.77 bits per heavy atom.